The molecule has 0 saturated heterocycles. The van der Waals surface area contributed by atoms with Crippen molar-refractivity contribution in [1.29, 1.82) is 0 Å². The van der Waals surface area contributed by atoms with E-state index < -0.39 is 11.2 Å². The van der Waals surface area contributed by atoms with E-state index in [1.807, 2.05) is 0 Å². The Hall–Kier alpha value is -2.89. The standard InChI is InChI=1S/C13H9NO5/c14-6-1-2-7(16)11-12(18)10-8(17)3-5(15)4-9(10)19-13(6)11/h1-4,15-17H,14H2. The minimum absolute atomic E-state index is 0.00713. The van der Waals surface area contributed by atoms with E-state index in [9.17, 15) is 20.1 Å². The van der Waals surface area contributed by atoms with Crippen molar-refractivity contribution >= 4 is 27.6 Å². The maximum Gasteiger partial charge on any atom is 0.208 e. The van der Waals surface area contributed by atoms with E-state index in [0.717, 1.165) is 6.07 Å². The van der Waals surface area contributed by atoms with Gasteiger partial charge in [-0.15, -0.1) is 0 Å². The van der Waals surface area contributed by atoms with Crippen LogP contribution in [0.4, 0.5) is 5.69 Å². The lowest BCUT2D eigenvalue weighted by molar-refractivity contribution is 0.453. The Labute approximate surface area is 105 Å². The number of fused-ring (bicyclic) bond motifs is 2. The molecule has 0 saturated carbocycles. The highest BCUT2D eigenvalue weighted by molar-refractivity contribution is 6.00. The molecule has 3 rings (SSSR count). The number of aromatic hydroxyl groups is 3. The molecule has 1 aromatic heterocycles. The molecule has 5 N–H and O–H groups in total. The van der Waals surface area contributed by atoms with Crippen molar-refractivity contribution in [3.05, 3.63) is 34.5 Å². The summed E-state index contributed by atoms with van der Waals surface area (Å²) in [6.07, 6.45) is 0. The van der Waals surface area contributed by atoms with Gasteiger partial charge in [-0.05, 0) is 12.1 Å². The minimum Gasteiger partial charge on any atom is -0.508 e. The third-order valence-electron chi connectivity index (χ3n) is 2.90. The minimum atomic E-state index is -0.612. The van der Waals surface area contributed by atoms with Gasteiger partial charge >= 0.3 is 0 Å². The van der Waals surface area contributed by atoms with Crippen LogP contribution in [-0.4, -0.2) is 15.3 Å². The van der Waals surface area contributed by atoms with Crippen LogP contribution in [0.25, 0.3) is 21.9 Å². The molecule has 0 unspecified atom stereocenters. The molecule has 6 nitrogen and oxygen atoms in total. The molecule has 0 aliphatic rings. The molecule has 6 heteroatoms. The molecule has 0 spiro atoms. The molecule has 0 radical (unpaired) electrons. The number of phenols is 3. The first kappa shape index (κ1) is 11.2. The normalized spacial score (nSPS) is 11.2. The Kier molecular flexibility index (Phi) is 2.10. The van der Waals surface area contributed by atoms with Crippen molar-refractivity contribution in [3.63, 3.8) is 0 Å². The number of phenolic OH excluding ortho intramolecular Hbond substituents is 3. The zero-order valence-corrected chi connectivity index (χ0v) is 9.54. The molecular weight excluding hydrogens is 250 g/mol. The maximum atomic E-state index is 12.3. The van der Waals surface area contributed by atoms with Gasteiger partial charge in [-0.2, -0.15) is 0 Å². The van der Waals surface area contributed by atoms with Crippen molar-refractivity contribution in [2.75, 3.05) is 5.73 Å². The van der Waals surface area contributed by atoms with E-state index >= 15 is 0 Å². The Bertz CT molecular complexity index is 882. The average Bonchev–Trinajstić information content (AvgIpc) is 2.32. The molecule has 0 fully saturated rings. The van der Waals surface area contributed by atoms with Gasteiger partial charge in [0, 0.05) is 12.1 Å². The summed E-state index contributed by atoms with van der Waals surface area (Å²) in [5.74, 6) is -0.953. The van der Waals surface area contributed by atoms with Crippen LogP contribution < -0.4 is 11.2 Å². The Morgan fingerprint density at radius 1 is 1.00 bits per heavy atom. The van der Waals surface area contributed by atoms with Crippen LogP contribution in [0.3, 0.4) is 0 Å². The number of rotatable bonds is 0. The van der Waals surface area contributed by atoms with Gasteiger partial charge in [0.25, 0.3) is 0 Å². The number of nitrogens with two attached hydrogens (primary N) is 1. The highest BCUT2D eigenvalue weighted by atomic mass is 16.3. The number of benzene rings is 2. The molecule has 0 bridgehead atoms. The molecule has 0 aliphatic heterocycles. The molecule has 19 heavy (non-hydrogen) atoms. The highest BCUT2D eigenvalue weighted by Gasteiger charge is 2.16. The second-order valence-electron chi connectivity index (χ2n) is 4.15. The maximum absolute atomic E-state index is 12.3. The Morgan fingerprint density at radius 3 is 2.47 bits per heavy atom. The molecule has 0 aliphatic carbocycles. The van der Waals surface area contributed by atoms with Gasteiger partial charge in [-0.3, -0.25) is 4.79 Å². The van der Waals surface area contributed by atoms with Gasteiger partial charge in [0.2, 0.25) is 5.43 Å². The van der Waals surface area contributed by atoms with Gasteiger partial charge in [0.15, 0.2) is 5.58 Å². The highest BCUT2D eigenvalue weighted by Crippen LogP contribution is 2.34. The second kappa shape index (κ2) is 3.55. The van der Waals surface area contributed by atoms with Crippen molar-refractivity contribution in [3.8, 4) is 17.2 Å². The lowest BCUT2D eigenvalue weighted by Crippen LogP contribution is -2.04. The van der Waals surface area contributed by atoms with E-state index in [1.54, 1.807) is 0 Å². The predicted octanol–water partition coefficient (Wildman–Crippen LogP) is 1.65. The smallest absolute Gasteiger partial charge is 0.208 e. The zero-order valence-electron chi connectivity index (χ0n) is 9.54. The van der Waals surface area contributed by atoms with E-state index in [2.05, 4.69) is 0 Å². The molecule has 0 atom stereocenters. The van der Waals surface area contributed by atoms with E-state index in [0.29, 0.717) is 0 Å². The quantitative estimate of drug-likeness (QED) is 0.277. The Morgan fingerprint density at radius 2 is 1.74 bits per heavy atom. The summed E-state index contributed by atoms with van der Waals surface area (Å²) in [6.45, 7) is 0. The van der Waals surface area contributed by atoms with Crippen LogP contribution in [0.1, 0.15) is 0 Å². The number of hydrogen-bond acceptors (Lipinski definition) is 6. The fourth-order valence-electron chi connectivity index (χ4n) is 2.05. The molecule has 2 aromatic carbocycles. The summed E-state index contributed by atoms with van der Waals surface area (Å²) in [4.78, 5) is 12.3. The third kappa shape index (κ3) is 1.46. The first-order valence-electron chi connectivity index (χ1n) is 5.39. The van der Waals surface area contributed by atoms with Gasteiger partial charge in [0.05, 0.1) is 5.69 Å². The summed E-state index contributed by atoms with van der Waals surface area (Å²) >= 11 is 0. The Balaban J connectivity index is 2.69. The number of hydrogen-bond donors (Lipinski definition) is 4. The van der Waals surface area contributed by atoms with Crippen LogP contribution in [0.5, 0.6) is 17.2 Å². The van der Waals surface area contributed by atoms with E-state index in [1.165, 1.54) is 18.2 Å². The molecule has 0 amide bonds. The lowest BCUT2D eigenvalue weighted by Gasteiger charge is -2.06. The van der Waals surface area contributed by atoms with Crippen molar-refractivity contribution in [2.24, 2.45) is 0 Å². The first-order valence-corrected chi connectivity index (χ1v) is 5.39. The number of nitrogen functional groups attached to an aromatic ring is 1. The molecule has 3 aromatic rings. The summed E-state index contributed by atoms with van der Waals surface area (Å²) in [7, 11) is 0. The van der Waals surface area contributed by atoms with Crippen molar-refractivity contribution in [2.45, 2.75) is 0 Å². The van der Waals surface area contributed by atoms with E-state index in [-0.39, 0.29) is 39.1 Å². The topological polar surface area (TPSA) is 117 Å². The zero-order chi connectivity index (χ0) is 13.7. The van der Waals surface area contributed by atoms with Crippen LogP contribution in [-0.2, 0) is 0 Å². The molecule has 1 heterocycles. The monoisotopic (exact) mass is 259 g/mol. The molecule has 96 valence electrons. The third-order valence-corrected chi connectivity index (χ3v) is 2.90. The van der Waals surface area contributed by atoms with Crippen molar-refractivity contribution < 1.29 is 19.7 Å². The van der Waals surface area contributed by atoms with Crippen LogP contribution >= 0.6 is 0 Å². The average molecular weight is 259 g/mol. The SMILES string of the molecule is Nc1ccc(O)c2c(=O)c3c(O)cc(O)cc3oc12. The van der Waals surface area contributed by atoms with E-state index in [4.69, 9.17) is 10.2 Å². The summed E-state index contributed by atoms with van der Waals surface area (Å²) in [5, 5.41) is 28.6. The first-order chi connectivity index (χ1) is 8.99. The summed E-state index contributed by atoms with van der Waals surface area (Å²) < 4.78 is 5.40. The van der Waals surface area contributed by atoms with Gasteiger partial charge in [-0.25, -0.2) is 0 Å². The molecular formula is C13H9NO5. The second-order valence-corrected chi connectivity index (χ2v) is 4.15. The lowest BCUT2D eigenvalue weighted by atomic mass is 10.1. The fraction of sp³-hybridized carbons (Fsp3) is 0. The van der Waals surface area contributed by atoms with Gasteiger partial charge < -0.3 is 25.5 Å². The van der Waals surface area contributed by atoms with Crippen LogP contribution in [0, 0.1) is 0 Å². The summed E-state index contributed by atoms with van der Waals surface area (Å²) in [6, 6.07) is 4.89. The summed E-state index contributed by atoms with van der Waals surface area (Å²) in [5.41, 5.74) is 5.26. The van der Waals surface area contributed by atoms with Crippen LogP contribution in [0.15, 0.2) is 33.5 Å². The number of anilines is 1. The van der Waals surface area contributed by atoms with Gasteiger partial charge in [0.1, 0.15) is 33.6 Å². The van der Waals surface area contributed by atoms with Gasteiger partial charge in [-0.1, -0.05) is 0 Å². The fourth-order valence-corrected chi connectivity index (χ4v) is 2.05. The predicted molar refractivity (Wildman–Crippen MR) is 69.4 cm³/mol. The largest absolute Gasteiger partial charge is 0.508 e. The van der Waals surface area contributed by atoms with Crippen LogP contribution in [0.2, 0.25) is 0 Å². The van der Waals surface area contributed by atoms with Crippen molar-refractivity contribution in [1.82, 2.24) is 0 Å².